The van der Waals surface area contributed by atoms with Crippen molar-refractivity contribution in [2.45, 2.75) is 66.3 Å². The highest BCUT2D eigenvalue weighted by Crippen LogP contribution is 2.29. The number of amides is 2. The summed E-state index contributed by atoms with van der Waals surface area (Å²) in [5.41, 5.74) is 4.20. The second kappa shape index (κ2) is 8.80. The molecule has 2 amide bonds. The molecule has 1 aliphatic rings. The molecule has 0 unspecified atom stereocenters. The Bertz CT molecular complexity index is 912. The second-order valence-corrected chi connectivity index (χ2v) is 8.59. The van der Waals surface area contributed by atoms with Crippen LogP contribution in [0.1, 0.15) is 84.4 Å². The summed E-state index contributed by atoms with van der Waals surface area (Å²) in [7, 11) is 0. The van der Waals surface area contributed by atoms with Crippen molar-refractivity contribution in [3.05, 3.63) is 46.5 Å². The van der Waals surface area contributed by atoms with Gasteiger partial charge >= 0.3 is 0 Å². The Morgan fingerprint density at radius 1 is 1.14 bits per heavy atom. The lowest BCUT2D eigenvalue weighted by Crippen LogP contribution is -2.30. The number of carbonyl (C=O) groups excluding carboxylic acids is 2. The molecule has 29 heavy (non-hydrogen) atoms. The van der Waals surface area contributed by atoms with Gasteiger partial charge in [-0.25, -0.2) is 4.98 Å². The van der Waals surface area contributed by atoms with E-state index < -0.39 is 0 Å². The molecule has 6 nitrogen and oxygen atoms in total. The average Bonchev–Trinajstić information content (AvgIpc) is 3.07. The first-order chi connectivity index (χ1) is 13.8. The number of hydrogen-bond acceptors (Lipinski definition) is 3. The summed E-state index contributed by atoms with van der Waals surface area (Å²) < 4.78 is 1.93. The first-order valence-corrected chi connectivity index (χ1v) is 10.6. The number of aromatic nitrogens is 2. The van der Waals surface area contributed by atoms with Crippen LogP contribution in [0.15, 0.2) is 18.2 Å². The molecule has 0 aliphatic carbocycles. The third-order valence-electron chi connectivity index (χ3n) is 5.37. The maximum absolute atomic E-state index is 13.2. The van der Waals surface area contributed by atoms with E-state index in [0.29, 0.717) is 29.9 Å². The predicted molar refractivity (Wildman–Crippen MR) is 116 cm³/mol. The molecule has 1 aliphatic heterocycles. The summed E-state index contributed by atoms with van der Waals surface area (Å²) in [5, 5.41) is 6.01. The van der Waals surface area contributed by atoms with E-state index in [1.54, 1.807) is 0 Å². The van der Waals surface area contributed by atoms with Crippen LogP contribution in [-0.2, 0) is 13.0 Å². The Labute approximate surface area is 173 Å². The number of rotatable bonds is 6. The summed E-state index contributed by atoms with van der Waals surface area (Å²) >= 11 is 0. The normalized spacial score (nSPS) is 13.5. The zero-order valence-corrected chi connectivity index (χ0v) is 18.1. The van der Waals surface area contributed by atoms with Gasteiger partial charge in [-0.3, -0.25) is 9.59 Å². The van der Waals surface area contributed by atoms with Gasteiger partial charge in [-0.05, 0) is 49.1 Å². The smallest absolute Gasteiger partial charge is 0.287 e. The Balaban J connectivity index is 1.93. The lowest BCUT2D eigenvalue weighted by Gasteiger charge is -2.18. The molecule has 0 spiro atoms. The minimum absolute atomic E-state index is 0.209. The topological polar surface area (TPSA) is 76.0 Å². The quantitative estimate of drug-likeness (QED) is 0.765. The summed E-state index contributed by atoms with van der Waals surface area (Å²) in [6.45, 7) is 11.6. The number of nitrogens with zero attached hydrogens (tertiary/aromatic N) is 2. The van der Waals surface area contributed by atoms with Crippen molar-refractivity contribution in [1.82, 2.24) is 14.9 Å². The molecule has 0 atom stereocenters. The van der Waals surface area contributed by atoms with Crippen LogP contribution in [0.4, 0.5) is 5.69 Å². The van der Waals surface area contributed by atoms with Crippen molar-refractivity contribution in [2.24, 2.45) is 5.92 Å². The summed E-state index contributed by atoms with van der Waals surface area (Å²) in [4.78, 5) is 30.4. The van der Waals surface area contributed by atoms with Gasteiger partial charge in [0, 0.05) is 18.8 Å². The molecule has 6 heteroatoms. The number of fused-ring (bicyclic) bond motifs is 1. The number of benzene rings is 1. The van der Waals surface area contributed by atoms with E-state index in [1.807, 2.05) is 29.7 Å². The van der Waals surface area contributed by atoms with Gasteiger partial charge in [0.15, 0.2) is 11.5 Å². The van der Waals surface area contributed by atoms with Gasteiger partial charge in [0.05, 0.1) is 5.69 Å². The van der Waals surface area contributed by atoms with E-state index in [0.717, 1.165) is 48.3 Å². The number of carbonyl (C=O) groups is 2. The SMILES string of the molecule is Cc1cccc(C(C)C)c1NC(=O)c1nc(C(=O)NCC(C)C)n2c1CCCC2. The molecule has 0 bridgehead atoms. The second-order valence-electron chi connectivity index (χ2n) is 8.59. The lowest BCUT2D eigenvalue weighted by atomic mass is 9.98. The van der Waals surface area contributed by atoms with E-state index in [-0.39, 0.29) is 11.8 Å². The standard InChI is InChI=1S/C23H32N4O2/c1-14(2)13-24-23(29)21-25-20(18-11-6-7-12-27(18)21)22(28)26-19-16(5)9-8-10-17(19)15(3)4/h8-10,14-15H,6-7,11-13H2,1-5H3,(H,24,29)(H,26,28). The van der Waals surface area contributed by atoms with Gasteiger partial charge in [-0.15, -0.1) is 0 Å². The van der Waals surface area contributed by atoms with Gasteiger partial charge in [0.2, 0.25) is 0 Å². The number of para-hydroxylation sites is 1. The molecule has 0 saturated heterocycles. The number of hydrogen-bond donors (Lipinski definition) is 2. The Hall–Kier alpha value is -2.63. The molecule has 1 aromatic heterocycles. The molecule has 0 saturated carbocycles. The molecule has 0 radical (unpaired) electrons. The zero-order chi connectivity index (χ0) is 21.1. The minimum Gasteiger partial charge on any atom is -0.349 e. The Morgan fingerprint density at radius 3 is 2.59 bits per heavy atom. The van der Waals surface area contributed by atoms with Gasteiger partial charge in [-0.2, -0.15) is 0 Å². The van der Waals surface area contributed by atoms with E-state index in [1.165, 1.54) is 0 Å². The van der Waals surface area contributed by atoms with Crippen molar-refractivity contribution in [3.8, 4) is 0 Å². The highest BCUT2D eigenvalue weighted by atomic mass is 16.2. The van der Waals surface area contributed by atoms with Gasteiger partial charge in [0.1, 0.15) is 0 Å². The third-order valence-corrected chi connectivity index (χ3v) is 5.37. The molecule has 3 rings (SSSR count). The molecule has 0 fully saturated rings. The fourth-order valence-corrected chi connectivity index (χ4v) is 3.79. The average molecular weight is 397 g/mol. The van der Waals surface area contributed by atoms with E-state index in [9.17, 15) is 9.59 Å². The zero-order valence-electron chi connectivity index (χ0n) is 18.1. The monoisotopic (exact) mass is 396 g/mol. The van der Waals surface area contributed by atoms with Crippen LogP contribution in [0.2, 0.25) is 0 Å². The van der Waals surface area contributed by atoms with Crippen LogP contribution in [0, 0.1) is 12.8 Å². The molecular weight excluding hydrogens is 364 g/mol. The highest BCUT2D eigenvalue weighted by Gasteiger charge is 2.28. The molecule has 2 aromatic rings. The number of nitrogens with one attached hydrogen (secondary N) is 2. The van der Waals surface area contributed by atoms with Crippen LogP contribution in [0.25, 0.3) is 0 Å². The number of imidazole rings is 1. The van der Waals surface area contributed by atoms with Crippen LogP contribution in [-0.4, -0.2) is 27.9 Å². The fourth-order valence-electron chi connectivity index (χ4n) is 3.79. The van der Waals surface area contributed by atoms with Crippen molar-refractivity contribution in [2.75, 3.05) is 11.9 Å². The van der Waals surface area contributed by atoms with Crippen molar-refractivity contribution < 1.29 is 9.59 Å². The van der Waals surface area contributed by atoms with E-state index in [4.69, 9.17) is 0 Å². The summed E-state index contributed by atoms with van der Waals surface area (Å²) in [5.74, 6) is 0.542. The third kappa shape index (κ3) is 4.52. The Kier molecular flexibility index (Phi) is 6.40. The van der Waals surface area contributed by atoms with Crippen molar-refractivity contribution >= 4 is 17.5 Å². The molecule has 2 heterocycles. The first-order valence-electron chi connectivity index (χ1n) is 10.6. The van der Waals surface area contributed by atoms with Gasteiger partial charge < -0.3 is 15.2 Å². The maximum atomic E-state index is 13.2. The largest absolute Gasteiger partial charge is 0.349 e. The van der Waals surface area contributed by atoms with Crippen molar-refractivity contribution in [3.63, 3.8) is 0 Å². The molecule has 156 valence electrons. The fraction of sp³-hybridized carbons (Fsp3) is 0.522. The Morgan fingerprint density at radius 2 is 1.90 bits per heavy atom. The lowest BCUT2D eigenvalue weighted by molar-refractivity contribution is 0.0933. The highest BCUT2D eigenvalue weighted by molar-refractivity contribution is 6.05. The van der Waals surface area contributed by atoms with E-state index in [2.05, 4.69) is 43.3 Å². The summed E-state index contributed by atoms with van der Waals surface area (Å²) in [6, 6.07) is 6.05. The van der Waals surface area contributed by atoms with E-state index >= 15 is 0 Å². The number of anilines is 1. The van der Waals surface area contributed by atoms with Crippen LogP contribution >= 0.6 is 0 Å². The van der Waals surface area contributed by atoms with Gasteiger partial charge in [0.25, 0.3) is 11.8 Å². The maximum Gasteiger partial charge on any atom is 0.287 e. The molecular formula is C23H32N4O2. The molecule has 2 N–H and O–H groups in total. The first kappa shape index (κ1) is 21.1. The van der Waals surface area contributed by atoms with Gasteiger partial charge in [-0.1, -0.05) is 45.9 Å². The predicted octanol–water partition coefficient (Wildman–Crippen LogP) is 4.29. The summed E-state index contributed by atoms with van der Waals surface area (Å²) in [6.07, 6.45) is 2.75. The minimum atomic E-state index is -0.241. The van der Waals surface area contributed by atoms with Crippen LogP contribution in [0.5, 0.6) is 0 Å². The number of aryl methyl sites for hydroxylation is 1. The van der Waals surface area contributed by atoms with Crippen LogP contribution in [0.3, 0.4) is 0 Å². The van der Waals surface area contributed by atoms with Crippen LogP contribution < -0.4 is 10.6 Å². The van der Waals surface area contributed by atoms with Crippen molar-refractivity contribution in [1.29, 1.82) is 0 Å². The molecule has 1 aromatic carbocycles.